The van der Waals surface area contributed by atoms with Gasteiger partial charge in [0.1, 0.15) is 0 Å². The first-order chi connectivity index (χ1) is 8.83. The molecule has 0 atom stereocenters. The predicted molar refractivity (Wildman–Crippen MR) is 69.2 cm³/mol. The molecule has 18 heavy (non-hydrogen) atoms. The van der Waals surface area contributed by atoms with Crippen LogP contribution in [0.4, 0.5) is 5.69 Å². The molecule has 90 valence electrons. The van der Waals surface area contributed by atoms with Gasteiger partial charge in [-0.15, -0.1) is 0 Å². The third-order valence-corrected chi connectivity index (χ3v) is 2.78. The van der Waals surface area contributed by atoms with E-state index in [1.807, 2.05) is 30.5 Å². The zero-order valence-corrected chi connectivity index (χ0v) is 9.60. The maximum Gasteiger partial charge on any atom is 0.230 e. The van der Waals surface area contributed by atoms with Crippen LogP contribution in [0.2, 0.25) is 0 Å². The van der Waals surface area contributed by atoms with Gasteiger partial charge in [-0.1, -0.05) is 6.07 Å². The summed E-state index contributed by atoms with van der Waals surface area (Å²) in [6.45, 7) is 0. The highest BCUT2D eigenvalue weighted by molar-refractivity contribution is 6.01. The van der Waals surface area contributed by atoms with Gasteiger partial charge in [0.25, 0.3) is 0 Å². The number of anilines is 1. The van der Waals surface area contributed by atoms with Crippen molar-refractivity contribution in [3.63, 3.8) is 0 Å². The molecule has 0 fully saturated rings. The van der Waals surface area contributed by atoms with E-state index in [1.54, 1.807) is 12.3 Å². The molecule has 0 radical (unpaired) electrons. The summed E-state index contributed by atoms with van der Waals surface area (Å²) >= 11 is 0. The topological polar surface area (TPSA) is 73.6 Å². The highest BCUT2D eigenvalue weighted by atomic mass is 16.1. The lowest BCUT2D eigenvalue weighted by molar-refractivity contribution is -0.115. The molecular formula is C13H12N4O. The number of nitrogens with zero attached hydrogens (tertiary/aromatic N) is 1. The summed E-state index contributed by atoms with van der Waals surface area (Å²) in [4.78, 5) is 15.0. The minimum atomic E-state index is -0.0621. The molecule has 2 heterocycles. The van der Waals surface area contributed by atoms with Gasteiger partial charge in [0, 0.05) is 29.0 Å². The first-order valence-corrected chi connectivity index (χ1v) is 5.67. The molecule has 5 nitrogen and oxygen atoms in total. The summed E-state index contributed by atoms with van der Waals surface area (Å²) in [5.74, 6) is -0.0621. The van der Waals surface area contributed by atoms with Crippen LogP contribution in [-0.2, 0) is 11.2 Å². The van der Waals surface area contributed by atoms with Crippen LogP contribution in [-0.4, -0.2) is 21.1 Å². The zero-order valence-electron chi connectivity index (χ0n) is 9.60. The van der Waals surface area contributed by atoms with Crippen LogP contribution in [0.15, 0.2) is 42.7 Å². The van der Waals surface area contributed by atoms with Crippen molar-refractivity contribution in [2.75, 3.05) is 5.32 Å². The molecule has 0 aliphatic rings. The molecule has 0 unspecified atom stereocenters. The molecule has 0 spiro atoms. The van der Waals surface area contributed by atoms with Crippen molar-refractivity contribution in [3.8, 4) is 0 Å². The molecule has 1 aromatic carbocycles. The van der Waals surface area contributed by atoms with Crippen molar-refractivity contribution < 1.29 is 4.79 Å². The summed E-state index contributed by atoms with van der Waals surface area (Å²) in [7, 11) is 0. The average molecular weight is 240 g/mol. The number of aromatic nitrogens is 3. The Bertz CT molecular complexity index is 669. The van der Waals surface area contributed by atoms with Crippen LogP contribution in [0.1, 0.15) is 5.69 Å². The number of fused-ring (bicyclic) bond motifs is 1. The monoisotopic (exact) mass is 240 g/mol. The minimum Gasteiger partial charge on any atom is -0.361 e. The number of H-pyrrole nitrogens is 2. The molecule has 2 aromatic heterocycles. The lowest BCUT2D eigenvalue weighted by Gasteiger charge is -2.05. The number of amides is 1. The molecule has 0 aliphatic carbocycles. The Morgan fingerprint density at radius 2 is 2.22 bits per heavy atom. The quantitative estimate of drug-likeness (QED) is 0.655. The fourth-order valence-electron chi connectivity index (χ4n) is 1.94. The molecule has 3 rings (SSSR count). The van der Waals surface area contributed by atoms with Crippen molar-refractivity contribution in [1.82, 2.24) is 15.2 Å². The molecule has 0 bridgehead atoms. The number of carbonyl (C=O) groups is 1. The Labute approximate surface area is 103 Å². The number of benzene rings is 1. The van der Waals surface area contributed by atoms with Crippen LogP contribution in [0.25, 0.3) is 10.9 Å². The van der Waals surface area contributed by atoms with Crippen molar-refractivity contribution in [2.45, 2.75) is 6.42 Å². The zero-order chi connectivity index (χ0) is 12.4. The summed E-state index contributed by atoms with van der Waals surface area (Å²) in [6, 6.07) is 9.50. The largest absolute Gasteiger partial charge is 0.361 e. The Hall–Kier alpha value is -2.56. The summed E-state index contributed by atoms with van der Waals surface area (Å²) in [5, 5.41) is 10.5. The second-order valence-corrected chi connectivity index (χ2v) is 4.05. The fraction of sp³-hybridized carbons (Fsp3) is 0.0769. The van der Waals surface area contributed by atoms with Gasteiger partial charge in [0.2, 0.25) is 5.91 Å². The number of aromatic amines is 2. The van der Waals surface area contributed by atoms with Crippen molar-refractivity contribution in [2.24, 2.45) is 0 Å². The van der Waals surface area contributed by atoms with Crippen molar-refractivity contribution in [3.05, 3.63) is 48.4 Å². The molecule has 5 heteroatoms. The van der Waals surface area contributed by atoms with Gasteiger partial charge in [0.05, 0.1) is 12.1 Å². The van der Waals surface area contributed by atoms with Gasteiger partial charge < -0.3 is 10.3 Å². The first kappa shape index (κ1) is 10.6. The lowest BCUT2D eigenvalue weighted by Crippen LogP contribution is -2.14. The lowest BCUT2D eigenvalue weighted by atomic mass is 10.2. The van der Waals surface area contributed by atoms with E-state index in [0.29, 0.717) is 6.42 Å². The summed E-state index contributed by atoms with van der Waals surface area (Å²) in [6.07, 6.45) is 3.78. The Morgan fingerprint density at radius 1 is 1.28 bits per heavy atom. The number of nitrogens with one attached hydrogen (secondary N) is 3. The van der Waals surface area contributed by atoms with Gasteiger partial charge in [-0.3, -0.25) is 9.89 Å². The van der Waals surface area contributed by atoms with E-state index in [4.69, 9.17) is 0 Å². The molecule has 3 N–H and O–H groups in total. The average Bonchev–Trinajstić information content (AvgIpc) is 2.99. The smallest absolute Gasteiger partial charge is 0.230 e. The van der Waals surface area contributed by atoms with Gasteiger partial charge in [-0.25, -0.2) is 0 Å². The Kier molecular flexibility index (Phi) is 2.57. The standard InChI is InChI=1S/C13H12N4O/c18-13(8-9-4-7-15-17-9)16-12-3-1-2-11-10(12)5-6-14-11/h1-7,14H,8H2,(H,15,17)(H,16,18). The van der Waals surface area contributed by atoms with E-state index < -0.39 is 0 Å². The second-order valence-electron chi connectivity index (χ2n) is 4.05. The van der Waals surface area contributed by atoms with Gasteiger partial charge in [-0.05, 0) is 24.3 Å². The van der Waals surface area contributed by atoms with Gasteiger partial charge >= 0.3 is 0 Å². The fourth-order valence-corrected chi connectivity index (χ4v) is 1.94. The van der Waals surface area contributed by atoms with Gasteiger partial charge in [-0.2, -0.15) is 5.10 Å². The van der Waals surface area contributed by atoms with Crippen molar-refractivity contribution >= 4 is 22.5 Å². The second kappa shape index (κ2) is 4.37. The summed E-state index contributed by atoms with van der Waals surface area (Å²) in [5.41, 5.74) is 2.63. The van der Waals surface area contributed by atoms with E-state index in [1.165, 1.54) is 0 Å². The maximum atomic E-state index is 11.9. The van der Waals surface area contributed by atoms with Crippen LogP contribution in [0.5, 0.6) is 0 Å². The number of hydrogen-bond donors (Lipinski definition) is 3. The van der Waals surface area contributed by atoms with E-state index in [-0.39, 0.29) is 5.91 Å². The highest BCUT2D eigenvalue weighted by Crippen LogP contribution is 2.22. The molecule has 0 saturated heterocycles. The normalized spacial score (nSPS) is 10.7. The van der Waals surface area contributed by atoms with Crippen molar-refractivity contribution in [1.29, 1.82) is 0 Å². The maximum absolute atomic E-state index is 11.9. The van der Waals surface area contributed by atoms with Crippen LogP contribution < -0.4 is 5.32 Å². The third kappa shape index (κ3) is 1.98. The third-order valence-electron chi connectivity index (χ3n) is 2.78. The number of rotatable bonds is 3. The highest BCUT2D eigenvalue weighted by Gasteiger charge is 2.07. The number of hydrogen-bond acceptors (Lipinski definition) is 2. The Balaban J connectivity index is 1.80. The van der Waals surface area contributed by atoms with E-state index in [0.717, 1.165) is 22.3 Å². The van der Waals surface area contributed by atoms with E-state index in [9.17, 15) is 4.79 Å². The predicted octanol–water partition coefficient (Wildman–Crippen LogP) is 2.07. The summed E-state index contributed by atoms with van der Waals surface area (Å²) < 4.78 is 0. The van der Waals surface area contributed by atoms with Crippen LogP contribution in [0, 0.1) is 0 Å². The Morgan fingerprint density at radius 3 is 3.06 bits per heavy atom. The molecular weight excluding hydrogens is 228 g/mol. The SMILES string of the molecule is O=C(Cc1ccn[nH]1)Nc1cccc2[nH]ccc12. The van der Waals surface area contributed by atoms with Crippen LogP contribution >= 0.6 is 0 Å². The first-order valence-electron chi connectivity index (χ1n) is 5.67. The molecule has 1 amide bonds. The van der Waals surface area contributed by atoms with E-state index >= 15 is 0 Å². The minimum absolute atomic E-state index is 0.0621. The molecule has 0 aliphatic heterocycles. The molecule has 0 saturated carbocycles. The van der Waals surface area contributed by atoms with Crippen LogP contribution in [0.3, 0.4) is 0 Å². The van der Waals surface area contributed by atoms with E-state index in [2.05, 4.69) is 20.5 Å². The van der Waals surface area contributed by atoms with Gasteiger partial charge in [0.15, 0.2) is 0 Å². The molecule has 3 aromatic rings. The number of carbonyl (C=O) groups excluding carboxylic acids is 1.